The molecule has 0 aliphatic carbocycles. The van der Waals surface area contributed by atoms with Crippen molar-refractivity contribution >= 4 is 28.6 Å². The Balaban J connectivity index is 1.38. The van der Waals surface area contributed by atoms with Crippen molar-refractivity contribution in [3.63, 3.8) is 0 Å². The molecule has 170 valence electrons. The lowest BCUT2D eigenvalue weighted by Crippen LogP contribution is -2.51. The van der Waals surface area contributed by atoms with Crippen LogP contribution in [0, 0.1) is 0 Å². The average molecular weight is 454 g/mol. The molecule has 8 nitrogen and oxygen atoms in total. The van der Waals surface area contributed by atoms with Gasteiger partial charge in [-0.15, -0.1) is 11.3 Å². The zero-order valence-corrected chi connectivity index (χ0v) is 19.9. The number of anilines is 1. The monoisotopic (exact) mass is 453 g/mol. The van der Waals surface area contributed by atoms with Gasteiger partial charge in [0.25, 0.3) is 0 Å². The van der Waals surface area contributed by atoms with Crippen molar-refractivity contribution in [2.45, 2.75) is 39.8 Å². The first kappa shape index (κ1) is 21.2. The molecule has 5 rings (SSSR count). The third-order valence-corrected chi connectivity index (χ3v) is 7.59. The fourth-order valence-corrected chi connectivity index (χ4v) is 5.69. The Hall–Kier alpha value is -2.65. The van der Waals surface area contributed by atoms with Gasteiger partial charge in [0.1, 0.15) is 5.01 Å². The van der Waals surface area contributed by atoms with Crippen LogP contribution >= 0.6 is 11.3 Å². The van der Waals surface area contributed by atoms with Crippen LogP contribution in [-0.2, 0) is 13.0 Å². The number of amides is 2. The van der Waals surface area contributed by atoms with E-state index in [1.807, 2.05) is 33.9 Å². The Morgan fingerprint density at radius 3 is 2.78 bits per heavy atom. The van der Waals surface area contributed by atoms with E-state index in [1.54, 1.807) is 0 Å². The molecule has 2 aliphatic rings. The van der Waals surface area contributed by atoms with Crippen LogP contribution in [-0.4, -0.2) is 75.7 Å². The molecule has 2 aliphatic heterocycles. The summed E-state index contributed by atoms with van der Waals surface area (Å²) >= 11 is 1.82. The van der Waals surface area contributed by atoms with Crippen molar-refractivity contribution < 1.29 is 4.79 Å². The standard InChI is InChI=1S/C23H31N7OS/c1-4-24-23(31)28-11-9-27(10-12-28)19-5-7-25-30-14-17(13-20(19)30)22-26-18-6-8-29(16(2)3)15-21(18)32-22/h5,7,13-14,16H,4,6,8-12,15H2,1-3H3,(H,24,31). The highest BCUT2D eigenvalue weighted by Crippen LogP contribution is 2.34. The van der Waals surface area contributed by atoms with Crippen molar-refractivity contribution in [3.8, 4) is 10.6 Å². The molecule has 3 aromatic heterocycles. The van der Waals surface area contributed by atoms with E-state index in [9.17, 15) is 4.79 Å². The minimum atomic E-state index is 0.0285. The summed E-state index contributed by atoms with van der Waals surface area (Å²) in [6, 6.07) is 4.88. The number of hydrogen-bond donors (Lipinski definition) is 1. The van der Waals surface area contributed by atoms with Gasteiger partial charge in [-0.05, 0) is 32.9 Å². The maximum absolute atomic E-state index is 12.1. The highest BCUT2D eigenvalue weighted by molar-refractivity contribution is 7.15. The minimum Gasteiger partial charge on any atom is -0.366 e. The van der Waals surface area contributed by atoms with Gasteiger partial charge in [-0.1, -0.05) is 0 Å². The minimum absolute atomic E-state index is 0.0285. The number of carbonyl (C=O) groups is 1. The number of thiazole rings is 1. The SMILES string of the molecule is CCNC(=O)N1CCN(c2ccnn3cc(-c4nc5c(s4)CN(C(C)C)CC5)cc23)CC1. The molecule has 0 saturated carbocycles. The highest BCUT2D eigenvalue weighted by atomic mass is 32.1. The van der Waals surface area contributed by atoms with Gasteiger partial charge < -0.3 is 15.1 Å². The smallest absolute Gasteiger partial charge is 0.317 e. The van der Waals surface area contributed by atoms with E-state index in [2.05, 4.69) is 52.4 Å². The van der Waals surface area contributed by atoms with Gasteiger partial charge >= 0.3 is 6.03 Å². The number of nitrogens with one attached hydrogen (secondary N) is 1. The third kappa shape index (κ3) is 3.95. The van der Waals surface area contributed by atoms with E-state index in [0.29, 0.717) is 12.6 Å². The predicted molar refractivity (Wildman–Crippen MR) is 128 cm³/mol. The van der Waals surface area contributed by atoms with Crippen molar-refractivity contribution in [1.82, 2.24) is 29.7 Å². The fraction of sp³-hybridized carbons (Fsp3) is 0.522. The van der Waals surface area contributed by atoms with Crippen LogP contribution in [0.25, 0.3) is 16.1 Å². The number of fused-ring (bicyclic) bond motifs is 2. The molecular weight excluding hydrogens is 422 g/mol. The van der Waals surface area contributed by atoms with E-state index in [0.717, 1.165) is 67.5 Å². The Morgan fingerprint density at radius 1 is 1.22 bits per heavy atom. The molecule has 32 heavy (non-hydrogen) atoms. The summed E-state index contributed by atoms with van der Waals surface area (Å²) in [7, 11) is 0. The van der Waals surface area contributed by atoms with Crippen LogP contribution in [0.5, 0.6) is 0 Å². The number of hydrogen-bond acceptors (Lipinski definition) is 6. The van der Waals surface area contributed by atoms with Crippen LogP contribution < -0.4 is 10.2 Å². The predicted octanol–water partition coefficient (Wildman–Crippen LogP) is 3.08. The summed E-state index contributed by atoms with van der Waals surface area (Å²) in [5.74, 6) is 0. The lowest BCUT2D eigenvalue weighted by atomic mass is 10.1. The van der Waals surface area contributed by atoms with Crippen LogP contribution in [0.2, 0.25) is 0 Å². The van der Waals surface area contributed by atoms with E-state index in [4.69, 9.17) is 4.98 Å². The Kier molecular flexibility index (Phi) is 5.77. The molecule has 0 bridgehead atoms. The highest BCUT2D eigenvalue weighted by Gasteiger charge is 2.25. The number of piperazine rings is 1. The quantitative estimate of drug-likeness (QED) is 0.658. The van der Waals surface area contributed by atoms with E-state index >= 15 is 0 Å². The van der Waals surface area contributed by atoms with Gasteiger partial charge in [-0.2, -0.15) is 5.10 Å². The first-order chi connectivity index (χ1) is 15.5. The number of rotatable bonds is 4. The average Bonchev–Trinajstić information content (AvgIpc) is 3.42. The number of carbonyl (C=O) groups excluding carboxylic acids is 1. The lowest BCUT2D eigenvalue weighted by molar-refractivity contribution is 0.195. The molecule has 3 aromatic rings. The van der Waals surface area contributed by atoms with Crippen LogP contribution in [0.3, 0.4) is 0 Å². The molecule has 2 amide bonds. The van der Waals surface area contributed by atoms with Gasteiger partial charge in [-0.3, -0.25) is 4.90 Å². The maximum Gasteiger partial charge on any atom is 0.317 e. The molecule has 1 N–H and O–H groups in total. The van der Waals surface area contributed by atoms with Gasteiger partial charge in [0.05, 0.1) is 16.9 Å². The largest absolute Gasteiger partial charge is 0.366 e. The molecule has 1 saturated heterocycles. The van der Waals surface area contributed by atoms with Crippen LogP contribution in [0.15, 0.2) is 24.5 Å². The first-order valence-corrected chi connectivity index (χ1v) is 12.3. The summed E-state index contributed by atoms with van der Waals surface area (Å²) in [4.78, 5) is 25.3. The topological polar surface area (TPSA) is 69.0 Å². The second-order valence-corrected chi connectivity index (χ2v) is 9.87. The summed E-state index contributed by atoms with van der Waals surface area (Å²) < 4.78 is 1.96. The normalized spacial score (nSPS) is 17.2. The Labute approximate surface area is 192 Å². The summed E-state index contributed by atoms with van der Waals surface area (Å²) in [5, 5.41) is 8.53. The molecular formula is C23H31N7OS. The zero-order valence-electron chi connectivity index (χ0n) is 19.0. The maximum atomic E-state index is 12.1. The summed E-state index contributed by atoms with van der Waals surface area (Å²) in [6.45, 7) is 12.3. The number of nitrogens with zero attached hydrogens (tertiary/aromatic N) is 6. The van der Waals surface area contributed by atoms with Crippen molar-refractivity contribution in [2.24, 2.45) is 0 Å². The van der Waals surface area contributed by atoms with E-state index in [-0.39, 0.29) is 6.03 Å². The van der Waals surface area contributed by atoms with Gasteiger partial charge in [0.15, 0.2) is 0 Å². The van der Waals surface area contributed by atoms with Crippen molar-refractivity contribution in [1.29, 1.82) is 0 Å². The van der Waals surface area contributed by atoms with E-state index < -0.39 is 0 Å². The van der Waals surface area contributed by atoms with Crippen LogP contribution in [0.4, 0.5) is 10.5 Å². The first-order valence-electron chi connectivity index (χ1n) is 11.5. The molecule has 0 spiro atoms. The fourth-order valence-electron chi connectivity index (χ4n) is 4.58. The molecule has 0 unspecified atom stereocenters. The van der Waals surface area contributed by atoms with Gasteiger partial charge in [-0.25, -0.2) is 14.3 Å². The van der Waals surface area contributed by atoms with Crippen molar-refractivity contribution in [2.75, 3.05) is 44.2 Å². The Morgan fingerprint density at radius 2 is 2.03 bits per heavy atom. The lowest BCUT2D eigenvalue weighted by Gasteiger charge is -2.36. The molecule has 9 heteroatoms. The van der Waals surface area contributed by atoms with Gasteiger partial charge in [0.2, 0.25) is 0 Å². The third-order valence-electron chi connectivity index (χ3n) is 6.46. The molecule has 0 atom stereocenters. The summed E-state index contributed by atoms with van der Waals surface area (Å²) in [5.41, 5.74) is 4.63. The molecule has 1 fully saturated rings. The Bertz CT molecular complexity index is 1110. The zero-order chi connectivity index (χ0) is 22.2. The van der Waals surface area contributed by atoms with Crippen molar-refractivity contribution in [3.05, 3.63) is 35.1 Å². The van der Waals surface area contributed by atoms with Crippen LogP contribution in [0.1, 0.15) is 31.3 Å². The molecule has 0 radical (unpaired) electrons. The molecule has 0 aromatic carbocycles. The molecule has 5 heterocycles. The van der Waals surface area contributed by atoms with E-state index in [1.165, 1.54) is 10.6 Å². The van der Waals surface area contributed by atoms with Gasteiger partial charge in [0, 0.05) is 81.1 Å². The summed E-state index contributed by atoms with van der Waals surface area (Å²) in [6.07, 6.45) is 4.97. The number of aromatic nitrogens is 3. The second-order valence-electron chi connectivity index (χ2n) is 8.79. The number of urea groups is 1. The second kappa shape index (κ2) is 8.71.